The first-order valence-corrected chi connectivity index (χ1v) is 11.7. The van der Waals surface area contributed by atoms with E-state index in [2.05, 4.69) is 16.0 Å². The fourth-order valence-corrected chi connectivity index (χ4v) is 4.84. The molecule has 32 heavy (non-hydrogen) atoms. The number of hydrogen-bond acceptors (Lipinski definition) is 5. The number of ether oxygens (including phenoxy) is 1. The van der Waals surface area contributed by atoms with Gasteiger partial charge in [-0.25, -0.2) is 4.79 Å². The Labute approximate surface area is 189 Å². The molecule has 0 saturated carbocycles. The normalized spacial score (nSPS) is 23.7. The van der Waals surface area contributed by atoms with E-state index in [9.17, 15) is 14.4 Å². The monoisotopic (exact) mass is 445 g/mol. The van der Waals surface area contributed by atoms with Crippen molar-refractivity contribution in [1.82, 2.24) is 10.6 Å². The number of rotatable bonds is 13. The molecule has 4 N–H and O–H groups in total. The number of carbonyl (C=O) groups is 3. The van der Waals surface area contributed by atoms with E-state index in [1.165, 1.54) is 0 Å². The Morgan fingerprint density at radius 3 is 2.41 bits per heavy atom. The third kappa shape index (κ3) is 7.31. The number of ketones is 1. The molecule has 0 unspecified atom stereocenters. The number of hydrogen-bond donors (Lipinski definition) is 4. The molecule has 176 valence electrons. The number of nitrogens with one attached hydrogen (secondary N) is 3. The number of aliphatic hydroxyl groups excluding tert-OH is 1. The predicted octanol–water partition coefficient (Wildman–Crippen LogP) is 2.62. The minimum absolute atomic E-state index is 0.0719. The Kier molecular flexibility index (Phi) is 9.49. The van der Waals surface area contributed by atoms with Crippen LogP contribution in [0.1, 0.15) is 51.4 Å². The molecular formula is C24H35N3O5. The van der Waals surface area contributed by atoms with Crippen LogP contribution in [0.2, 0.25) is 0 Å². The molecule has 8 heteroatoms. The summed E-state index contributed by atoms with van der Waals surface area (Å²) in [6.45, 7) is 0.137. The van der Waals surface area contributed by atoms with Gasteiger partial charge in [0.05, 0.1) is 18.8 Å². The fraction of sp³-hybridized carbons (Fsp3) is 0.625. The van der Waals surface area contributed by atoms with E-state index < -0.39 is 6.03 Å². The molecule has 2 aliphatic heterocycles. The SMILES string of the molecule is O=C(CO)CCCCCC[C@@H]1[C@H](CNC(=O)CNC(=O)Nc2ccccc2)[C@@H]2CC[C@H]1O2. The van der Waals surface area contributed by atoms with E-state index in [4.69, 9.17) is 9.84 Å². The molecule has 1 aromatic carbocycles. The lowest BCUT2D eigenvalue weighted by molar-refractivity contribution is -0.122. The van der Waals surface area contributed by atoms with Gasteiger partial charge in [0, 0.05) is 24.6 Å². The van der Waals surface area contributed by atoms with Crippen molar-refractivity contribution >= 4 is 23.4 Å². The lowest BCUT2D eigenvalue weighted by Crippen LogP contribution is -2.43. The molecule has 3 rings (SSSR count). The first-order valence-electron chi connectivity index (χ1n) is 11.7. The number of Topliss-reactive ketones (excluding diaryl/α,β-unsaturated/α-hetero) is 1. The van der Waals surface area contributed by atoms with Crippen LogP contribution in [0.5, 0.6) is 0 Å². The number of anilines is 1. The molecule has 2 saturated heterocycles. The fourth-order valence-electron chi connectivity index (χ4n) is 4.84. The zero-order valence-electron chi connectivity index (χ0n) is 18.6. The highest BCUT2D eigenvalue weighted by Gasteiger charge is 2.48. The molecule has 2 aliphatic rings. The average Bonchev–Trinajstić information content (AvgIpc) is 3.41. The van der Waals surface area contributed by atoms with Crippen LogP contribution >= 0.6 is 0 Å². The summed E-state index contributed by atoms with van der Waals surface area (Å²) >= 11 is 0. The van der Waals surface area contributed by atoms with Gasteiger partial charge in [-0.3, -0.25) is 9.59 Å². The van der Waals surface area contributed by atoms with E-state index in [0.29, 0.717) is 30.5 Å². The molecular weight excluding hydrogens is 410 g/mol. The van der Waals surface area contributed by atoms with Crippen molar-refractivity contribution in [1.29, 1.82) is 0 Å². The smallest absolute Gasteiger partial charge is 0.319 e. The molecule has 8 nitrogen and oxygen atoms in total. The molecule has 2 heterocycles. The number of carbonyl (C=O) groups excluding carboxylic acids is 3. The summed E-state index contributed by atoms with van der Waals surface area (Å²) < 4.78 is 6.12. The standard InChI is InChI=1S/C24H35N3O5/c28-16-18(29)10-6-1-2-7-11-19-20(22-13-12-21(19)32-22)14-25-23(30)15-26-24(31)27-17-8-4-3-5-9-17/h3-5,8-9,19-22,28H,1-2,6-7,10-16H2,(H,25,30)(H2,26,27,31)/t19-,20+,21-,22+/m1/s1. The predicted molar refractivity (Wildman–Crippen MR) is 121 cm³/mol. The van der Waals surface area contributed by atoms with Crippen molar-refractivity contribution in [3.05, 3.63) is 30.3 Å². The van der Waals surface area contributed by atoms with Gasteiger partial charge in [-0.2, -0.15) is 0 Å². The Hall–Kier alpha value is -2.45. The van der Waals surface area contributed by atoms with Crippen LogP contribution in [0.3, 0.4) is 0 Å². The van der Waals surface area contributed by atoms with Gasteiger partial charge < -0.3 is 25.8 Å². The first kappa shape index (κ1) is 24.2. The molecule has 2 fully saturated rings. The lowest BCUT2D eigenvalue weighted by atomic mass is 9.76. The summed E-state index contributed by atoms with van der Waals surface area (Å²) in [6, 6.07) is 8.67. The van der Waals surface area contributed by atoms with Gasteiger partial charge in [-0.05, 0) is 43.7 Å². The second kappa shape index (κ2) is 12.6. The second-order valence-electron chi connectivity index (χ2n) is 8.75. The molecule has 0 aromatic heterocycles. The van der Waals surface area contributed by atoms with Crippen LogP contribution in [0.15, 0.2) is 30.3 Å². The van der Waals surface area contributed by atoms with Crippen LogP contribution in [0, 0.1) is 11.8 Å². The van der Waals surface area contributed by atoms with Gasteiger partial charge in [0.1, 0.15) is 6.61 Å². The van der Waals surface area contributed by atoms with E-state index in [1.54, 1.807) is 12.1 Å². The van der Waals surface area contributed by atoms with E-state index >= 15 is 0 Å². The Balaban J connectivity index is 1.33. The number of aliphatic hydroxyl groups is 1. The van der Waals surface area contributed by atoms with Crippen LogP contribution in [-0.2, 0) is 14.3 Å². The van der Waals surface area contributed by atoms with Crippen LogP contribution in [0.25, 0.3) is 0 Å². The average molecular weight is 446 g/mol. The van der Waals surface area contributed by atoms with Gasteiger partial charge in [0.25, 0.3) is 0 Å². The van der Waals surface area contributed by atoms with E-state index in [1.807, 2.05) is 18.2 Å². The Morgan fingerprint density at radius 1 is 0.938 bits per heavy atom. The molecule has 0 spiro atoms. The number of amides is 3. The summed E-state index contributed by atoms with van der Waals surface area (Å²) in [6.07, 6.45) is 8.11. The molecule has 3 amide bonds. The van der Waals surface area contributed by atoms with Crippen LogP contribution < -0.4 is 16.0 Å². The Morgan fingerprint density at radius 2 is 1.66 bits per heavy atom. The maximum atomic E-state index is 12.2. The molecule has 1 aromatic rings. The van der Waals surface area contributed by atoms with Crippen molar-refractivity contribution in [2.24, 2.45) is 11.8 Å². The maximum Gasteiger partial charge on any atom is 0.319 e. The third-order valence-corrected chi connectivity index (χ3v) is 6.49. The highest BCUT2D eigenvalue weighted by Crippen LogP contribution is 2.45. The quantitative estimate of drug-likeness (QED) is 0.348. The summed E-state index contributed by atoms with van der Waals surface area (Å²) in [4.78, 5) is 35.3. The topological polar surface area (TPSA) is 117 Å². The Bertz CT molecular complexity index is 757. The number of benzene rings is 1. The first-order chi connectivity index (χ1) is 15.6. The van der Waals surface area contributed by atoms with Crippen LogP contribution in [-0.4, -0.2) is 54.7 Å². The highest BCUT2D eigenvalue weighted by molar-refractivity contribution is 5.92. The summed E-state index contributed by atoms with van der Waals surface area (Å²) in [5.41, 5.74) is 0.673. The van der Waals surface area contributed by atoms with Gasteiger partial charge in [-0.1, -0.05) is 37.5 Å². The molecule has 4 atom stereocenters. The van der Waals surface area contributed by atoms with Crippen molar-refractivity contribution in [2.75, 3.05) is 25.0 Å². The van der Waals surface area contributed by atoms with Crippen molar-refractivity contribution in [3.8, 4) is 0 Å². The highest BCUT2D eigenvalue weighted by atomic mass is 16.5. The van der Waals surface area contributed by atoms with E-state index in [0.717, 1.165) is 44.9 Å². The number of unbranched alkanes of at least 4 members (excludes halogenated alkanes) is 3. The molecule has 0 aliphatic carbocycles. The minimum atomic E-state index is -0.409. The van der Waals surface area contributed by atoms with Crippen LogP contribution in [0.4, 0.5) is 10.5 Å². The van der Waals surface area contributed by atoms with Crippen molar-refractivity contribution in [3.63, 3.8) is 0 Å². The van der Waals surface area contributed by atoms with Gasteiger partial charge in [0.2, 0.25) is 5.91 Å². The van der Waals surface area contributed by atoms with Gasteiger partial charge >= 0.3 is 6.03 Å². The van der Waals surface area contributed by atoms with E-state index in [-0.39, 0.29) is 37.0 Å². The van der Waals surface area contributed by atoms with Gasteiger partial charge in [0.15, 0.2) is 5.78 Å². The van der Waals surface area contributed by atoms with Gasteiger partial charge in [-0.15, -0.1) is 0 Å². The molecule has 2 bridgehead atoms. The summed E-state index contributed by atoms with van der Waals surface area (Å²) in [7, 11) is 0. The molecule has 0 radical (unpaired) electrons. The third-order valence-electron chi connectivity index (χ3n) is 6.49. The zero-order chi connectivity index (χ0) is 22.8. The maximum absolute atomic E-state index is 12.2. The largest absolute Gasteiger partial charge is 0.389 e. The number of urea groups is 1. The lowest BCUT2D eigenvalue weighted by Gasteiger charge is -2.28. The zero-order valence-corrected chi connectivity index (χ0v) is 18.6. The van der Waals surface area contributed by atoms with Crippen molar-refractivity contribution in [2.45, 2.75) is 63.6 Å². The minimum Gasteiger partial charge on any atom is -0.389 e. The number of fused-ring (bicyclic) bond motifs is 2. The van der Waals surface area contributed by atoms with Crippen molar-refractivity contribution < 1.29 is 24.2 Å². The second-order valence-corrected chi connectivity index (χ2v) is 8.75. The summed E-state index contributed by atoms with van der Waals surface area (Å²) in [5, 5.41) is 17.0. The summed E-state index contributed by atoms with van der Waals surface area (Å²) in [5.74, 6) is 0.465. The number of para-hydroxylation sites is 1.